The third-order valence-corrected chi connectivity index (χ3v) is 2.73. The topological polar surface area (TPSA) is 12.0 Å². The second-order valence-corrected chi connectivity index (χ2v) is 3.70. The van der Waals surface area contributed by atoms with Crippen molar-refractivity contribution in [2.45, 2.75) is 6.04 Å². The molecule has 1 aromatic rings. The Bertz CT molecular complexity index is 466. The molecule has 1 aromatic carbocycles. The SMILES string of the molecule is C=C1C=CC2Nc3ccccc3C2=C1. The van der Waals surface area contributed by atoms with E-state index >= 15 is 0 Å². The van der Waals surface area contributed by atoms with E-state index in [1.165, 1.54) is 16.8 Å². The van der Waals surface area contributed by atoms with Crippen molar-refractivity contribution in [2.75, 3.05) is 5.32 Å². The molecule has 1 N–H and O–H groups in total. The van der Waals surface area contributed by atoms with Crippen LogP contribution in [0.15, 0.2) is 54.6 Å². The summed E-state index contributed by atoms with van der Waals surface area (Å²) >= 11 is 0. The van der Waals surface area contributed by atoms with Gasteiger partial charge in [-0.2, -0.15) is 0 Å². The summed E-state index contributed by atoms with van der Waals surface area (Å²) in [6, 6.07) is 8.75. The van der Waals surface area contributed by atoms with Crippen molar-refractivity contribution in [3.05, 3.63) is 60.2 Å². The van der Waals surface area contributed by atoms with Crippen LogP contribution in [0.2, 0.25) is 0 Å². The number of hydrogen-bond donors (Lipinski definition) is 1. The third-order valence-electron chi connectivity index (χ3n) is 2.73. The standard InChI is InChI=1S/C13H11N/c1-9-6-7-13-11(8-9)10-4-2-3-5-12(10)14-13/h2-8,13-14H,1H2. The minimum Gasteiger partial charge on any atom is -0.374 e. The van der Waals surface area contributed by atoms with Crippen molar-refractivity contribution in [1.29, 1.82) is 0 Å². The predicted molar refractivity (Wildman–Crippen MR) is 60.1 cm³/mol. The smallest absolute Gasteiger partial charge is 0.0708 e. The fraction of sp³-hybridized carbons (Fsp3) is 0.0769. The molecule has 1 atom stereocenters. The minimum atomic E-state index is 0.345. The van der Waals surface area contributed by atoms with E-state index in [0.717, 1.165) is 5.57 Å². The van der Waals surface area contributed by atoms with Crippen molar-refractivity contribution < 1.29 is 0 Å². The van der Waals surface area contributed by atoms with Gasteiger partial charge in [-0.1, -0.05) is 36.9 Å². The molecule has 0 spiro atoms. The number of para-hydroxylation sites is 1. The highest BCUT2D eigenvalue weighted by atomic mass is 14.9. The first-order chi connectivity index (χ1) is 6.84. The lowest BCUT2D eigenvalue weighted by atomic mass is 9.95. The van der Waals surface area contributed by atoms with Gasteiger partial charge in [0.2, 0.25) is 0 Å². The van der Waals surface area contributed by atoms with Crippen LogP contribution < -0.4 is 5.32 Å². The lowest BCUT2D eigenvalue weighted by Gasteiger charge is -2.12. The summed E-state index contributed by atoms with van der Waals surface area (Å²) < 4.78 is 0. The summed E-state index contributed by atoms with van der Waals surface area (Å²) in [5.41, 5.74) is 4.95. The molecule has 0 saturated heterocycles. The van der Waals surface area contributed by atoms with Crippen LogP contribution in [0.25, 0.3) is 5.57 Å². The number of rotatable bonds is 0. The van der Waals surface area contributed by atoms with Gasteiger partial charge in [0, 0.05) is 11.3 Å². The van der Waals surface area contributed by atoms with E-state index in [1.807, 2.05) is 0 Å². The van der Waals surface area contributed by atoms with Gasteiger partial charge in [0.05, 0.1) is 6.04 Å². The number of benzene rings is 1. The highest BCUT2D eigenvalue weighted by Gasteiger charge is 2.25. The van der Waals surface area contributed by atoms with Gasteiger partial charge in [-0.15, -0.1) is 0 Å². The van der Waals surface area contributed by atoms with Gasteiger partial charge in [-0.05, 0) is 23.3 Å². The molecular weight excluding hydrogens is 170 g/mol. The van der Waals surface area contributed by atoms with Gasteiger partial charge in [-0.25, -0.2) is 0 Å². The van der Waals surface area contributed by atoms with Crippen LogP contribution in [0.3, 0.4) is 0 Å². The first-order valence-electron chi connectivity index (χ1n) is 4.79. The highest BCUT2D eigenvalue weighted by molar-refractivity contribution is 5.90. The monoisotopic (exact) mass is 181 g/mol. The summed E-state index contributed by atoms with van der Waals surface area (Å²) in [5.74, 6) is 0. The van der Waals surface area contributed by atoms with Crippen LogP contribution >= 0.6 is 0 Å². The zero-order chi connectivity index (χ0) is 9.54. The number of allylic oxidation sites excluding steroid dienone is 3. The van der Waals surface area contributed by atoms with Gasteiger partial charge in [-0.3, -0.25) is 0 Å². The molecule has 0 bridgehead atoms. The summed E-state index contributed by atoms with van der Waals surface area (Å²) in [4.78, 5) is 0. The lowest BCUT2D eigenvalue weighted by molar-refractivity contribution is 1.17. The Morgan fingerprint density at radius 3 is 3.00 bits per heavy atom. The van der Waals surface area contributed by atoms with Crippen molar-refractivity contribution in [2.24, 2.45) is 0 Å². The second kappa shape index (κ2) is 2.61. The van der Waals surface area contributed by atoms with E-state index in [4.69, 9.17) is 0 Å². The van der Waals surface area contributed by atoms with Gasteiger partial charge in [0.1, 0.15) is 0 Å². The number of fused-ring (bicyclic) bond motifs is 3. The normalized spacial score (nSPS) is 22.4. The quantitative estimate of drug-likeness (QED) is 0.648. The zero-order valence-electron chi connectivity index (χ0n) is 7.83. The number of hydrogen-bond acceptors (Lipinski definition) is 1. The predicted octanol–water partition coefficient (Wildman–Crippen LogP) is 2.99. The average molecular weight is 181 g/mol. The highest BCUT2D eigenvalue weighted by Crippen LogP contribution is 2.37. The molecule has 1 heterocycles. The van der Waals surface area contributed by atoms with Crippen molar-refractivity contribution >= 4 is 11.3 Å². The average Bonchev–Trinajstić information content (AvgIpc) is 2.56. The molecule has 68 valence electrons. The van der Waals surface area contributed by atoms with E-state index in [1.54, 1.807) is 0 Å². The fourth-order valence-corrected chi connectivity index (χ4v) is 2.06. The maximum absolute atomic E-state index is 3.96. The van der Waals surface area contributed by atoms with E-state index in [2.05, 4.69) is 54.4 Å². The largest absolute Gasteiger partial charge is 0.374 e. The molecule has 1 heteroatoms. The van der Waals surface area contributed by atoms with Gasteiger partial charge < -0.3 is 5.32 Å². The van der Waals surface area contributed by atoms with Crippen molar-refractivity contribution in [3.63, 3.8) is 0 Å². The summed E-state index contributed by atoms with van der Waals surface area (Å²) in [7, 11) is 0. The molecule has 14 heavy (non-hydrogen) atoms. The number of nitrogens with one attached hydrogen (secondary N) is 1. The Morgan fingerprint density at radius 1 is 1.21 bits per heavy atom. The molecule has 0 saturated carbocycles. The Morgan fingerprint density at radius 2 is 2.07 bits per heavy atom. The van der Waals surface area contributed by atoms with Crippen LogP contribution in [-0.4, -0.2) is 6.04 Å². The third kappa shape index (κ3) is 0.956. The van der Waals surface area contributed by atoms with E-state index in [0.29, 0.717) is 6.04 Å². The lowest BCUT2D eigenvalue weighted by Crippen LogP contribution is -2.12. The van der Waals surface area contributed by atoms with E-state index in [9.17, 15) is 0 Å². The van der Waals surface area contributed by atoms with Crippen LogP contribution in [0.1, 0.15) is 5.56 Å². The van der Waals surface area contributed by atoms with Crippen molar-refractivity contribution in [3.8, 4) is 0 Å². The maximum atomic E-state index is 3.96. The molecule has 2 aliphatic rings. The second-order valence-electron chi connectivity index (χ2n) is 3.70. The Kier molecular flexibility index (Phi) is 1.42. The Balaban J connectivity index is 2.18. The molecule has 0 amide bonds. The maximum Gasteiger partial charge on any atom is 0.0708 e. The first kappa shape index (κ1) is 7.63. The number of anilines is 1. The van der Waals surface area contributed by atoms with Crippen molar-refractivity contribution in [1.82, 2.24) is 0 Å². The zero-order valence-corrected chi connectivity index (χ0v) is 7.83. The molecule has 1 aliphatic heterocycles. The molecular formula is C13H11N. The van der Waals surface area contributed by atoms with E-state index < -0.39 is 0 Å². The molecule has 0 fully saturated rings. The first-order valence-corrected chi connectivity index (χ1v) is 4.79. The summed E-state index contributed by atoms with van der Waals surface area (Å²) in [6.07, 6.45) is 6.38. The molecule has 1 aliphatic carbocycles. The van der Waals surface area contributed by atoms with E-state index in [-0.39, 0.29) is 0 Å². The molecule has 0 radical (unpaired) electrons. The molecule has 3 rings (SSSR count). The van der Waals surface area contributed by atoms with Crippen LogP contribution in [-0.2, 0) is 0 Å². The summed E-state index contributed by atoms with van der Waals surface area (Å²) in [5, 5.41) is 3.46. The van der Waals surface area contributed by atoms with Crippen LogP contribution in [0.4, 0.5) is 5.69 Å². The fourth-order valence-electron chi connectivity index (χ4n) is 2.06. The molecule has 1 unspecified atom stereocenters. The molecule has 1 nitrogen and oxygen atoms in total. The van der Waals surface area contributed by atoms with Crippen LogP contribution in [0, 0.1) is 0 Å². The Hall–Kier alpha value is -1.76. The van der Waals surface area contributed by atoms with Crippen LogP contribution in [0.5, 0.6) is 0 Å². The minimum absolute atomic E-state index is 0.345. The molecule has 0 aromatic heterocycles. The van der Waals surface area contributed by atoms with Gasteiger partial charge >= 0.3 is 0 Å². The van der Waals surface area contributed by atoms with Gasteiger partial charge in [0.15, 0.2) is 0 Å². The Labute approximate surface area is 83.5 Å². The van der Waals surface area contributed by atoms with Gasteiger partial charge in [0.25, 0.3) is 0 Å². The summed E-state index contributed by atoms with van der Waals surface area (Å²) in [6.45, 7) is 3.96.